The van der Waals surface area contributed by atoms with E-state index in [0.29, 0.717) is 0 Å². The second-order valence-corrected chi connectivity index (χ2v) is 14.8. The summed E-state index contributed by atoms with van der Waals surface area (Å²) >= 11 is 0. The molecule has 27 nitrogen and oxygen atoms in total. The number of pyridine rings is 1. The van der Waals surface area contributed by atoms with Crippen LogP contribution >= 0.6 is 23.5 Å². The Kier molecular flexibility index (Phi) is 11.2. The predicted octanol–water partition coefficient (Wildman–Crippen LogP) is -1.36. The molecule has 2 aliphatic heterocycles. The molecule has 2 aliphatic rings. The van der Waals surface area contributed by atoms with Crippen LogP contribution in [-0.4, -0.2) is 115 Å². The Labute approximate surface area is 282 Å². The monoisotopic (exact) mass is 786 g/mol. The van der Waals surface area contributed by atoms with E-state index in [4.69, 9.17) is 20.7 Å². The molecule has 0 aromatic carbocycles. The molecular weight excluding hydrogens is 759 g/mol. The summed E-state index contributed by atoms with van der Waals surface area (Å²) in [5.74, 6) is -2.07. The lowest BCUT2D eigenvalue weighted by atomic mass is 10.1. The van der Waals surface area contributed by atoms with Crippen molar-refractivity contribution in [3.63, 3.8) is 0 Å². The number of aromatic nitrogens is 5. The van der Waals surface area contributed by atoms with Gasteiger partial charge in [0.05, 0.1) is 13.2 Å². The average Bonchev–Trinajstić information content (AvgIpc) is 3.65. The summed E-state index contributed by atoms with van der Waals surface area (Å²) in [4.78, 5) is 64.7. The van der Waals surface area contributed by atoms with Crippen LogP contribution in [-0.2, 0) is 41.1 Å². The lowest BCUT2D eigenvalue weighted by Crippen LogP contribution is -2.46. The highest BCUT2D eigenvalue weighted by Crippen LogP contribution is 2.61. The first kappa shape index (κ1) is 38.7. The summed E-state index contributed by atoms with van der Waals surface area (Å²) in [6.45, 7) is -2.20. The van der Waals surface area contributed by atoms with Crippen molar-refractivity contribution in [2.24, 2.45) is 5.11 Å². The number of nitrogens with zero attached hydrogens (tertiary/aromatic N) is 8. The number of fused-ring (bicyclic) bond motifs is 1. The van der Waals surface area contributed by atoms with E-state index in [9.17, 15) is 58.5 Å². The molecule has 0 saturated carbocycles. The SMILES string of the molecule is [N-]=[N+]=Nc1nc2c(N)ncnc2n1[C@@H]1O[C@H](COP(=O)(O)OP(=O)(O)OC[C@H]2O[C@@H]([n+]3cccc(C(=O)O)c3)[C@H](O)[C@@H]2O)[C@@H](O)[C@H]1OP(=O)(O)O. The van der Waals surface area contributed by atoms with Crippen LogP contribution in [0.3, 0.4) is 0 Å². The molecule has 2 unspecified atom stereocenters. The van der Waals surface area contributed by atoms with E-state index in [1.165, 1.54) is 18.3 Å². The minimum atomic E-state index is -5.62. The lowest BCUT2D eigenvalue weighted by molar-refractivity contribution is -0.765. The Morgan fingerprint density at radius 1 is 1.04 bits per heavy atom. The Bertz CT molecular complexity index is 1990. The Morgan fingerprint density at radius 2 is 1.69 bits per heavy atom. The van der Waals surface area contributed by atoms with Gasteiger partial charge >= 0.3 is 29.4 Å². The first-order valence-electron chi connectivity index (χ1n) is 13.8. The normalized spacial score (nSPS) is 29.0. The molecule has 10 N–H and O–H groups in total. The van der Waals surface area contributed by atoms with Crippen LogP contribution in [0.1, 0.15) is 22.8 Å². The summed E-state index contributed by atoms with van der Waals surface area (Å²) in [6.07, 6.45) is -10.8. The van der Waals surface area contributed by atoms with E-state index in [1.54, 1.807) is 0 Å². The molecule has 0 radical (unpaired) electrons. The maximum Gasteiger partial charge on any atom is 0.481 e. The summed E-state index contributed by atoms with van der Waals surface area (Å²) in [7, 11) is -16.6. The molecule has 3 aromatic heterocycles. The Morgan fingerprint density at radius 3 is 2.29 bits per heavy atom. The number of carbonyl (C=O) groups is 1. The van der Waals surface area contributed by atoms with Gasteiger partial charge in [0.1, 0.15) is 42.4 Å². The number of aliphatic hydroxyl groups is 3. The number of carboxylic acid groups (broad SMARTS) is 1. The number of nitrogens with two attached hydrogens (primary N) is 1. The van der Waals surface area contributed by atoms with Crippen molar-refractivity contribution in [3.8, 4) is 0 Å². The molecule has 30 heteroatoms. The zero-order chi connectivity index (χ0) is 37.5. The van der Waals surface area contributed by atoms with Crippen LogP contribution in [0.25, 0.3) is 21.6 Å². The molecule has 0 aliphatic carbocycles. The van der Waals surface area contributed by atoms with Crippen LogP contribution in [0.15, 0.2) is 36.0 Å². The maximum absolute atomic E-state index is 12.6. The number of carboxylic acids is 1. The van der Waals surface area contributed by atoms with Crippen LogP contribution in [0.5, 0.6) is 0 Å². The molecular formula is C21H27N9O18P3+. The van der Waals surface area contributed by atoms with E-state index < -0.39 is 97.7 Å². The van der Waals surface area contributed by atoms with E-state index in [0.717, 1.165) is 21.7 Å². The zero-order valence-corrected chi connectivity index (χ0v) is 27.8. The van der Waals surface area contributed by atoms with Crippen molar-refractivity contribution in [3.05, 3.63) is 46.9 Å². The van der Waals surface area contributed by atoms with E-state index in [2.05, 4.69) is 42.9 Å². The summed E-state index contributed by atoms with van der Waals surface area (Å²) in [6, 6.07) is 2.56. The highest BCUT2D eigenvalue weighted by Gasteiger charge is 2.52. The number of azide groups is 1. The fourth-order valence-corrected chi connectivity index (χ4v) is 7.64. The molecule has 2 fully saturated rings. The largest absolute Gasteiger partial charge is 0.481 e. The van der Waals surface area contributed by atoms with Gasteiger partial charge in [-0.3, -0.25) is 18.1 Å². The van der Waals surface area contributed by atoms with Crippen molar-refractivity contribution in [2.45, 2.75) is 49.1 Å². The molecule has 10 atom stereocenters. The number of hydrogen-bond acceptors (Lipinski definition) is 18. The molecule has 0 spiro atoms. The zero-order valence-electron chi connectivity index (χ0n) is 25.1. The molecule has 5 rings (SSSR count). The van der Waals surface area contributed by atoms with E-state index in [1.807, 2.05) is 0 Å². The minimum Gasteiger partial charge on any atom is -0.477 e. The highest BCUT2D eigenvalue weighted by molar-refractivity contribution is 7.61. The number of phosphoric ester groups is 3. The van der Waals surface area contributed by atoms with Gasteiger partial charge in [-0.25, -0.2) is 33.4 Å². The van der Waals surface area contributed by atoms with Crippen molar-refractivity contribution in [1.82, 2.24) is 19.5 Å². The number of phosphoric acid groups is 3. The van der Waals surface area contributed by atoms with Crippen molar-refractivity contribution in [1.29, 1.82) is 0 Å². The standard InChI is InChI=1S/C21H26N9O18P3/c22-16-11-17(25-7-24-16)30(21(26-11)27-28-23)19-15(47-49(36,37)38)13(32)10(46-19)6-44-51(41,42)48-50(39,40)43-5-9-12(31)14(33)18(45-9)29-3-1-2-8(4-29)20(34)35/h1-4,7,9-10,12-15,18-19,31-33H,5-6H2,(H6-,22,24,25,34,35,36,37,38,39,40,41,42)/p+1/t9-,10-,12-,13-,14-,15-,18-,19-/m1/s1. The van der Waals surface area contributed by atoms with Gasteiger partial charge in [-0.2, -0.15) is 8.88 Å². The maximum atomic E-state index is 12.6. The third kappa shape index (κ3) is 8.74. The third-order valence-electron chi connectivity index (χ3n) is 7.16. The van der Waals surface area contributed by atoms with Crippen LogP contribution in [0.4, 0.5) is 11.8 Å². The van der Waals surface area contributed by atoms with Gasteiger partial charge in [0.2, 0.25) is 5.95 Å². The average molecular weight is 786 g/mol. The van der Waals surface area contributed by atoms with Gasteiger partial charge in [0, 0.05) is 11.0 Å². The van der Waals surface area contributed by atoms with Gasteiger partial charge in [-0.1, -0.05) is 0 Å². The smallest absolute Gasteiger partial charge is 0.477 e. The van der Waals surface area contributed by atoms with Gasteiger partial charge in [0.15, 0.2) is 41.7 Å². The van der Waals surface area contributed by atoms with Crippen molar-refractivity contribution < 1.29 is 90.4 Å². The number of aromatic carboxylic acids is 1. The Hall–Kier alpha value is -3.55. The Balaban J connectivity index is 1.26. The molecule has 278 valence electrons. The van der Waals surface area contributed by atoms with E-state index in [-0.39, 0.29) is 22.5 Å². The number of ether oxygens (including phenoxy) is 2. The van der Waals surface area contributed by atoms with E-state index >= 15 is 0 Å². The first-order chi connectivity index (χ1) is 23.8. The van der Waals surface area contributed by atoms with Gasteiger partial charge in [-0.15, -0.1) is 0 Å². The number of anilines is 1. The van der Waals surface area contributed by atoms with Crippen molar-refractivity contribution in [2.75, 3.05) is 18.9 Å². The minimum absolute atomic E-state index is 0.161. The first-order valence-corrected chi connectivity index (χ1v) is 18.4. The van der Waals surface area contributed by atoms with Crippen LogP contribution in [0, 0.1) is 0 Å². The third-order valence-corrected chi connectivity index (χ3v) is 10.3. The number of hydrogen-bond donors (Lipinski definition) is 9. The summed E-state index contributed by atoms with van der Waals surface area (Å²) in [5, 5.41) is 44.2. The molecule has 5 heterocycles. The molecule has 3 aromatic rings. The van der Waals surface area contributed by atoms with Gasteiger partial charge < -0.3 is 55.2 Å². The summed E-state index contributed by atoms with van der Waals surface area (Å²) < 4.78 is 68.2. The molecule has 0 bridgehead atoms. The van der Waals surface area contributed by atoms with Crippen LogP contribution < -0.4 is 10.3 Å². The molecule has 0 amide bonds. The summed E-state index contributed by atoms with van der Waals surface area (Å²) in [5.41, 5.74) is 14.2. The van der Waals surface area contributed by atoms with Crippen molar-refractivity contribution >= 4 is 52.4 Å². The number of rotatable bonds is 14. The highest BCUT2D eigenvalue weighted by atomic mass is 31.3. The number of nitrogen functional groups attached to an aromatic ring is 1. The topological polar surface area (TPSA) is 408 Å². The fraction of sp³-hybridized carbons (Fsp3) is 0.476. The second-order valence-electron chi connectivity index (χ2n) is 10.5. The van der Waals surface area contributed by atoms with Crippen LogP contribution in [0.2, 0.25) is 0 Å². The predicted molar refractivity (Wildman–Crippen MR) is 158 cm³/mol. The second kappa shape index (κ2) is 14.8. The number of aliphatic hydroxyl groups excluding tert-OH is 3. The quantitative estimate of drug-likeness (QED) is 0.0299. The fourth-order valence-electron chi connectivity index (χ4n) is 5.00. The van der Waals surface area contributed by atoms with Gasteiger partial charge in [0.25, 0.3) is 6.23 Å². The number of imidazole rings is 1. The van der Waals surface area contributed by atoms with Gasteiger partial charge in [-0.05, 0) is 16.7 Å². The lowest BCUT2D eigenvalue weighted by Gasteiger charge is -2.22. The molecule has 2 saturated heterocycles. The molecule has 51 heavy (non-hydrogen) atoms.